The quantitative estimate of drug-likeness (QED) is 0.706. The molecule has 0 saturated heterocycles. The minimum atomic E-state index is -0.260. The molecule has 0 aliphatic heterocycles. The summed E-state index contributed by atoms with van der Waals surface area (Å²) in [4.78, 5) is 24.4. The second-order valence-electron chi connectivity index (χ2n) is 4.93. The van der Waals surface area contributed by atoms with Gasteiger partial charge in [-0.1, -0.05) is 12.1 Å². The van der Waals surface area contributed by atoms with Crippen LogP contribution in [0.15, 0.2) is 65.7 Å². The SMILES string of the molecule is O=C(NCc1ccncc1)c1cc(Nc2ccccc2Br)ncn1. The van der Waals surface area contributed by atoms with E-state index in [1.807, 2.05) is 36.4 Å². The van der Waals surface area contributed by atoms with E-state index < -0.39 is 0 Å². The zero-order chi connectivity index (χ0) is 16.8. The van der Waals surface area contributed by atoms with Gasteiger partial charge in [0.15, 0.2) is 0 Å². The topological polar surface area (TPSA) is 79.8 Å². The second-order valence-corrected chi connectivity index (χ2v) is 5.79. The first-order valence-corrected chi connectivity index (χ1v) is 8.02. The summed E-state index contributed by atoms with van der Waals surface area (Å²) < 4.78 is 0.910. The maximum atomic E-state index is 12.2. The summed E-state index contributed by atoms with van der Waals surface area (Å²) in [6.45, 7) is 0.415. The average molecular weight is 384 g/mol. The summed E-state index contributed by atoms with van der Waals surface area (Å²) in [5, 5.41) is 5.98. The number of nitrogens with one attached hydrogen (secondary N) is 2. The van der Waals surface area contributed by atoms with Crippen LogP contribution in [0.3, 0.4) is 0 Å². The number of aromatic nitrogens is 3. The summed E-state index contributed by atoms with van der Waals surface area (Å²) in [6.07, 6.45) is 4.73. The van der Waals surface area contributed by atoms with Crippen LogP contribution >= 0.6 is 15.9 Å². The minimum Gasteiger partial charge on any atom is -0.347 e. The number of pyridine rings is 1. The lowest BCUT2D eigenvalue weighted by atomic mass is 10.2. The zero-order valence-electron chi connectivity index (χ0n) is 12.6. The third-order valence-corrected chi connectivity index (χ3v) is 3.93. The molecule has 0 aliphatic carbocycles. The molecule has 24 heavy (non-hydrogen) atoms. The second kappa shape index (κ2) is 7.65. The Hall–Kier alpha value is -2.80. The first-order valence-electron chi connectivity index (χ1n) is 7.23. The third kappa shape index (κ3) is 4.14. The molecule has 7 heteroatoms. The molecule has 3 rings (SSSR count). The Morgan fingerprint density at radius 3 is 2.67 bits per heavy atom. The van der Waals surface area contributed by atoms with Gasteiger partial charge in [-0.2, -0.15) is 0 Å². The van der Waals surface area contributed by atoms with Crippen molar-refractivity contribution in [2.75, 3.05) is 5.32 Å². The minimum absolute atomic E-state index is 0.260. The normalized spacial score (nSPS) is 10.2. The van der Waals surface area contributed by atoms with E-state index in [1.54, 1.807) is 18.5 Å². The third-order valence-electron chi connectivity index (χ3n) is 3.24. The molecular weight excluding hydrogens is 370 g/mol. The number of carbonyl (C=O) groups is 1. The number of carbonyl (C=O) groups excluding carboxylic acids is 1. The standard InChI is InChI=1S/C17H14BrN5O/c18-13-3-1-2-4-14(13)23-16-9-15(21-11-22-16)17(24)20-10-12-5-7-19-8-6-12/h1-9,11H,10H2,(H,20,24)(H,21,22,23). The van der Waals surface area contributed by atoms with Gasteiger partial charge in [-0.25, -0.2) is 9.97 Å². The van der Waals surface area contributed by atoms with Gasteiger partial charge in [0.2, 0.25) is 0 Å². The molecule has 2 aromatic heterocycles. The van der Waals surface area contributed by atoms with Crippen molar-refractivity contribution >= 4 is 33.3 Å². The summed E-state index contributed by atoms with van der Waals surface area (Å²) in [7, 11) is 0. The Kier molecular flexibility index (Phi) is 5.12. The van der Waals surface area contributed by atoms with Crippen molar-refractivity contribution in [1.82, 2.24) is 20.3 Å². The number of benzene rings is 1. The fourth-order valence-electron chi connectivity index (χ4n) is 2.02. The van der Waals surface area contributed by atoms with Crippen LogP contribution in [-0.2, 0) is 6.54 Å². The molecule has 0 atom stereocenters. The molecule has 2 N–H and O–H groups in total. The van der Waals surface area contributed by atoms with Gasteiger partial charge >= 0.3 is 0 Å². The van der Waals surface area contributed by atoms with Crippen LogP contribution in [0.2, 0.25) is 0 Å². The van der Waals surface area contributed by atoms with Gasteiger partial charge in [-0.3, -0.25) is 9.78 Å². The summed E-state index contributed by atoms with van der Waals surface area (Å²) >= 11 is 3.46. The maximum Gasteiger partial charge on any atom is 0.270 e. The molecule has 1 amide bonds. The van der Waals surface area contributed by atoms with E-state index in [2.05, 4.69) is 41.5 Å². The number of hydrogen-bond acceptors (Lipinski definition) is 5. The molecule has 2 heterocycles. The fourth-order valence-corrected chi connectivity index (χ4v) is 2.41. The van der Waals surface area contributed by atoms with E-state index in [0.717, 1.165) is 15.7 Å². The van der Waals surface area contributed by atoms with Gasteiger partial charge < -0.3 is 10.6 Å². The Bertz CT molecular complexity index is 841. The highest BCUT2D eigenvalue weighted by molar-refractivity contribution is 9.10. The van der Waals surface area contributed by atoms with E-state index in [9.17, 15) is 4.79 Å². The lowest BCUT2D eigenvalue weighted by molar-refractivity contribution is 0.0946. The monoisotopic (exact) mass is 383 g/mol. The molecule has 0 fully saturated rings. The van der Waals surface area contributed by atoms with Gasteiger partial charge in [0.05, 0.1) is 5.69 Å². The van der Waals surface area contributed by atoms with Crippen LogP contribution in [0.4, 0.5) is 11.5 Å². The predicted molar refractivity (Wildman–Crippen MR) is 94.9 cm³/mol. The van der Waals surface area contributed by atoms with E-state index in [-0.39, 0.29) is 5.91 Å². The Balaban J connectivity index is 1.68. The molecule has 0 saturated carbocycles. The summed E-state index contributed by atoms with van der Waals surface area (Å²) in [5.74, 6) is 0.287. The summed E-state index contributed by atoms with van der Waals surface area (Å²) in [6, 6.07) is 13.0. The molecule has 0 spiro atoms. The molecule has 3 aromatic rings. The fraction of sp³-hybridized carbons (Fsp3) is 0.0588. The molecule has 0 bridgehead atoms. The van der Waals surface area contributed by atoms with Crippen molar-refractivity contribution in [3.8, 4) is 0 Å². The highest BCUT2D eigenvalue weighted by Crippen LogP contribution is 2.24. The highest BCUT2D eigenvalue weighted by Gasteiger charge is 2.09. The molecule has 0 aliphatic rings. The highest BCUT2D eigenvalue weighted by atomic mass is 79.9. The molecular formula is C17H14BrN5O. The molecule has 0 radical (unpaired) electrons. The number of amides is 1. The van der Waals surface area contributed by atoms with E-state index in [4.69, 9.17) is 0 Å². The van der Waals surface area contributed by atoms with Crippen LogP contribution in [0.25, 0.3) is 0 Å². The number of para-hydroxylation sites is 1. The average Bonchev–Trinajstić information content (AvgIpc) is 2.63. The number of anilines is 2. The van der Waals surface area contributed by atoms with E-state index >= 15 is 0 Å². The molecule has 120 valence electrons. The van der Waals surface area contributed by atoms with Crippen molar-refractivity contribution in [2.24, 2.45) is 0 Å². The smallest absolute Gasteiger partial charge is 0.270 e. The van der Waals surface area contributed by atoms with Crippen molar-refractivity contribution in [2.45, 2.75) is 6.54 Å². The Morgan fingerprint density at radius 2 is 1.88 bits per heavy atom. The number of nitrogens with zero attached hydrogens (tertiary/aromatic N) is 3. The van der Waals surface area contributed by atoms with Gasteiger partial charge in [-0.15, -0.1) is 0 Å². The molecule has 0 unspecified atom stereocenters. The molecule has 6 nitrogen and oxygen atoms in total. The predicted octanol–water partition coefficient (Wildman–Crippen LogP) is 3.31. The number of halogens is 1. The van der Waals surface area contributed by atoms with Crippen molar-refractivity contribution < 1.29 is 4.79 Å². The summed E-state index contributed by atoms with van der Waals surface area (Å²) in [5.41, 5.74) is 2.13. The number of rotatable bonds is 5. The van der Waals surface area contributed by atoms with E-state index in [1.165, 1.54) is 6.33 Å². The van der Waals surface area contributed by atoms with Crippen molar-refractivity contribution in [1.29, 1.82) is 0 Å². The lowest BCUT2D eigenvalue weighted by Gasteiger charge is -2.09. The lowest BCUT2D eigenvalue weighted by Crippen LogP contribution is -2.24. The first-order chi connectivity index (χ1) is 11.7. The Labute approximate surface area is 147 Å². The zero-order valence-corrected chi connectivity index (χ0v) is 14.2. The first kappa shape index (κ1) is 16.1. The van der Waals surface area contributed by atoms with Crippen LogP contribution in [-0.4, -0.2) is 20.9 Å². The van der Waals surface area contributed by atoms with Gasteiger partial charge in [0, 0.05) is 29.5 Å². The molecule has 1 aromatic carbocycles. The van der Waals surface area contributed by atoms with Gasteiger partial charge in [0.1, 0.15) is 17.8 Å². The van der Waals surface area contributed by atoms with E-state index in [0.29, 0.717) is 18.1 Å². The van der Waals surface area contributed by atoms with Gasteiger partial charge in [0.25, 0.3) is 5.91 Å². The Morgan fingerprint density at radius 1 is 1.08 bits per heavy atom. The maximum absolute atomic E-state index is 12.2. The van der Waals surface area contributed by atoms with Crippen LogP contribution in [0, 0.1) is 0 Å². The van der Waals surface area contributed by atoms with Crippen LogP contribution in [0.5, 0.6) is 0 Å². The van der Waals surface area contributed by atoms with Gasteiger partial charge in [-0.05, 0) is 45.8 Å². The van der Waals surface area contributed by atoms with Crippen LogP contribution < -0.4 is 10.6 Å². The van der Waals surface area contributed by atoms with Crippen molar-refractivity contribution in [3.63, 3.8) is 0 Å². The van der Waals surface area contributed by atoms with Crippen molar-refractivity contribution in [3.05, 3.63) is 76.9 Å². The number of hydrogen-bond donors (Lipinski definition) is 2. The van der Waals surface area contributed by atoms with Crippen LogP contribution in [0.1, 0.15) is 16.1 Å². The largest absolute Gasteiger partial charge is 0.347 e.